The summed E-state index contributed by atoms with van der Waals surface area (Å²) in [5, 5.41) is 3.48. The summed E-state index contributed by atoms with van der Waals surface area (Å²) >= 11 is 3.44. The van der Waals surface area contributed by atoms with Crippen molar-refractivity contribution in [2.75, 3.05) is 5.32 Å². The maximum Gasteiger partial charge on any atom is 0.119 e. The van der Waals surface area contributed by atoms with Crippen molar-refractivity contribution in [1.82, 2.24) is 0 Å². The van der Waals surface area contributed by atoms with Crippen LogP contribution in [0.4, 0.5) is 5.69 Å². The fourth-order valence-electron chi connectivity index (χ4n) is 1.99. The fourth-order valence-corrected chi connectivity index (χ4v) is 2.25. The number of rotatable bonds is 5. The molecule has 0 aliphatic heterocycles. The SMILES string of the molecule is CC(C)Oc1ccc(C(C)Nc2ccc(Br)cc2)cc1. The number of anilines is 1. The van der Waals surface area contributed by atoms with E-state index < -0.39 is 0 Å². The lowest BCUT2D eigenvalue weighted by Crippen LogP contribution is -2.08. The van der Waals surface area contributed by atoms with Crippen LogP contribution in [0.15, 0.2) is 53.0 Å². The molecule has 1 N–H and O–H groups in total. The third-order valence-electron chi connectivity index (χ3n) is 2.98. The van der Waals surface area contributed by atoms with Crippen LogP contribution in [0.2, 0.25) is 0 Å². The molecule has 0 amide bonds. The van der Waals surface area contributed by atoms with Crippen LogP contribution >= 0.6 is 15.9 Å². The predicted octanol–water partition coefficient (Wildman–Crippen LogP) is 5.41. The second-order valence-electron chi connectivity index (χ2n) is 5.11. The van der Waals surface area contributed by atoms with Crippen LogP contribution in [0.3, 0.4) is 0 Å². The molecule has 0 bridgehead atoms. The Labute approximate surface area is 129 Å². The molecule has 0 aromatic heterocycles. The maximum absolute atomic E-state index is 5.65. The Bertz CT molecular complexity index is 534. The largest absolute Gasteiger partial charge is 0.491 e. The molecule has 1 unspecified atom stereocenters. The Morgan fingerprint density at radius 1 is 0.900 bits per heavy atom. The average molecular weight is 334 g/mol. The third-order valence-corrected chi connectivity index (χ3v) is 3.51. The van der Waals surface area contributed by atoms with Crippen molar-refractivity contribution in [2.45, 2.75) is 32.9 Å². The molecule has 2 rings (SSSR count). The van der Waals surface area contributed by atoms with Crippen LogP contribution in [0, 0.1) is 0 Å². The van der Waals surface area contributed by atoms with Gasteiger partial charge in [0.2, 0.25) is 0 Å². The lowest BCUT2D eigenvalue weighted by molar-refractivity contribution is 0.242. The Morgan fingerprint density at radius 3 is 2.05 bits per heavy atom. The Hall–Kier alpha value is -1.48. The van der Waals surface area contributed by atoms with Crippen molar-refractivity contribution in [3.8, 4) is 5.75 Å². The van der Waals surface area contributed by atoms with Gasteiger partial charge >= 0.3 is 0 Å². The van der Waals surface area contributed by atoms with Crippen LogP contribution in [0.5, 0.6) is 5.75 Å². The summed E-state index contributed by atoms with van der Waals surface area (Å²) in [6, 6.07) is 16.7. The van der Waals surface area contributed by atoms with Crippen molar-refractivity contribution in [3.05, 3.63) is 58.6 Å². The highest BCUT2D eigenvalue weighted by Crippen LogP contribution is 2.23. The summed E-state index contributed by atoms with van der Waals surface area (Å²) in [5.74, 6) is 0.916. The maximum atomic E-state index is 5.65. The number of halogens is 1. The molecule has 2 aromatic carbocycles. The smallest absolute Gasteiger partial charge is 0.119 e. The molecule has 20 heavy (non-hydrogen) atoms. The van der Waals surface area contributed by atoms with E-state index in [4.69, 9.17) is 4.74 Å². The number of benzene rings is 2. The molecule has 1 atom stereocenters. The molecule has 0 saturated heterocycles. The van der Waals surface area contributed by atoms with Crippen molar-refractivity contribution in [3.63, 3.8) is 0 Å². The lowest BCUT2D eigenvalue weighted by Gasteiger charge is -2.17. The van der Waals surface area contributed by atoms with Gasteiger partial charge in [-0.2, -0.15) is 0 Å². The van der Waals surface area contributed by atoms with Gasteiger partial charge in [-0.1, -0.05) is 28.1 Å². The molecule has 0 fully saturated rings. The molecular weight excluding hydrogens is 314 g/mol. The minimum atomic E-state index is 0.208. The zero-order chi connectivity index (χ0) is 14.5. The van der Waals surface area contributed by atoms with Gasteiger partial charge in [0.1, 0.15) is 5.75 Å². The second-order valence-corrected chi connectivity index (χ2v) is 6.02. The Kier molecular flexibility index (Phi) is 5.07. The van der Waals surface area contributed by atoms with E-state index in [0.29, 0.717) is 0 Å². The van der Waals surface area contributed by atoms with Crippen molar-refractivity contribution in [1.29, 1.82) is 0 Å². The highest BCUT2D eigenvalue weighted by Gasteiger charge is 2.06. The van der Waals surface area contributed by atoms with Crippen molar-refractivity contribution >= 4 is 21.6 Å². The van der Waals surface area contributed by atoms with E-state index in [1.165, 1.54) is 5.56 Å². The third kappa shape index (κ3) is 4.27. The highest BCUT2D eigenvalue weighted by atomic mass is 79.9. The molecule has 0 spiro atoms. The fraction of sp³-hybridized carbons (Fsp3) is 0.294. The number of nitrogens with one attached hydrogen (secondary N) is 1. The molecule has 2 aromatic rings. The minimum Gasteiger partial charge on any atom is -0.491 e. The zero-order valence-corrected chi connectivity index (χ0v) is 13.6. The summed E-state index contributed by atoms with van der Waals surface area (Å²) in [6.07, 6.45) is 0.208. The highest BCUT2D eigenvalue weighted by molar-refractivity contribution is 9.10. The monoisotopic (exact) mass is 333 g/mol. The van der Waals surface area contributed by atoms with Crippen molar-refractivity contribution in [2.24, 2.45) is 0 Å². The first-order valence-corrected chi connectivity index (χ1v) is 7.62. The van der Waals surface area contributed by atoms with Crippen LogP contribution in [0.1, 0.15) is 32.4 Å². The van der Waals surface area contributed by atoms with Gasteiger partial charge in [0.25, 0.3) is 0 Å². The van der Waals surface area contributed by atoms with Gasteiger partial charge in [-0.05, 0) is 62.7 Å². The van der Waals surface area contributed by atoms with Crippen LogP contribution in [-0.4, -0.2) is 6.10 Å². The van der Waals surface area contributed by atoms with E-state index in [1.54, 1.807) is 0 Å². The van der Waals surface area contributed by atoms with E-state index in [1.807, 2.05) is 38.1 Å². The first-order valence-electron chi connectivity index (χ1n) is 6.83. The van der Waals surface area contributed by atoms with Gasteiger partial charge in [0.15, 0.2) is 0 Å². The lowest BCUT2D eigenvalue weighted by atomic mass is 10.1. The Morgan fingerprint density at radius 2 is 1.50 bits per heavy atom. The first kappa shape index (κ1) is 14.9. The molecule has 0 radical (unpaired) electrons. The van der Waals surface area contributed by atoms with Gasteiger partial charge in [0.05, 0.1) is 6.10 Å². The molecule has 106 valence electrons. The van der Waals surface area contributed by atoms with Crippen LogP contribution < -0.4 is 10.1 Å². The van der Waals surface area contributed by atoms with Crippen molar-refractivity contribution < 1.29 is 4.74 Å². The molecule has 2 nitrogen and oxygen atoms in total. The first-order chi connectivity index (χ1) is 9.54. The minimum absolute atomic E-state index is 0.208. The van der Waals surface area contributed by atoms with Gasteiger partial charge in [-0.15, -0.1) is 0 Å². The molecule has 0 aliphatic carbocycles. The normalized spacial score (nSPS) is 12.2. The molecular formula is C17H20BrNO. The number of hydrogen-bond donors (Lipinski definition) is 1. The van der Waals surface area contributed by atoms with Crippen LogP contribution in [0.25, 0.3) is 0 Å². The summed E-state index contributed by atoms with van der Waals surface area (Å²) in [7, 11) is 0. The van der Waals surface area contributed by atoms with E-state index in [0.717, 1.165) is 15.9 Å². The zero-order valence-electron chi connectivity index (χ0n) is 12.1. The quantitative estimate of drug-likeness (QED) is 0.789. The summed E-state index contributed by atoms with van der Waals surface area (Å²) < 4.78 is 6.74. The predicted molar refractivity (Wildman–Crippen MR) is 88.4 cm³/mol. The standard InChI is InChI=1S/C17H20BrNO/c1-12(2)20-17-10-4-14(5-11-17)13(3)19-16-8-6-15(18)7-9-16/h4-13,19H,1-3H3. The summed E-state index contributed by atoms with van der Waals surface area (Å²) in [4.78, 5) is 0. The van der Waals surface area contributed by atoms with Crippen LogP contribution in [-0.2, 0) is 0 Å². The van der Waals surface area contributed by atoms with E-state index in [9.17, 15) is 0 Å². The Balaban J connectivity index is 2.01. The average Bonchev–Trinajstić information content (AvgIpc) is 2.41. The van der Waals surface area contributed by atoms with Gasteiger partial charge in [0, 0.05) is 16.2 Å². The number of ether oxygens (including phenoxy) is 1. The van der Waals surface area contributed by atoms with E-state index in [-0.39, 0.29) is 12.1 Å². The van der Waals surface area contributed by atoms with E-state index >= 15 is 0 Å². The van der Waals surface area contributed by atoms with E-state index in [2.05, 4.69) is 52.4 Å². The van der Waals surface area contributed by atoms with Gasteiger partial charge < -0.3 is 10.1 Å². The molecule has 0 saturated carbocycles. The topological polar surface area (TPSA) is 21.3 Å². The van der Waals surface area contributed by atoms with Gasteiger partial charge in [-0.3, -0.25) is 0 Å². The summed E-state index contributed by atoms with van der Waals surface area (Å²) in [6.45, 7) is 6.22. The number of hydrogen-bond acceptors (Lipinski definition) is 2. The second kappa shape index (κ2) is 6.80. The molecule has 0 aliphatic rings. The summed E-state index contributed by atoms with van der Waals surface area (Å²) in [5.41, 5.74) is 2.35. The molecule has 3 heteroatoms. The molecule has 0 heterocycles. The van der Waals surface area contributed by atoms with Gasteiger partial charge in [-0.25, -0.2) is 0 Å².